The van der Waals surface area contributed by atoms with Gasteiger partial charge in [-0.25, -0.2) is 0 Å². The number of rotatable bonds is 6. The number of likely N-dealkylation sites (tertiary alicyclic amines) is 1. The summed E-state index contributed by atoms with van der Waals surface area (Å²) < 4.78 is 0.617. The van der Waals surface area contributed by atoms with Crippen molar-refractivity contribution in [3.05, 3.63) is 38.3 Å². The molecule has 1 aromatic carbocycles. The highest BCUT2D eigenvalue weighted by Crippen LogP contribution is 2.28. The fraction of sp³-hybridized carbons (Fsp3) is 0.588. The summed E-state index contributed by atoms with van der Waals surface area (Å²) in [6, 6.07) is 5.09. The predicted molar refractivity (Wildman–Crippen MR) is 94.8 cm³/mol. The maximum absolute atomic E-state index is 12.5. The number of benzene rings is 1. The van der Waals surface area contributed by atoms with Crippen LogP contribution in [0.4, 0.5) is 5.69 Å². The Hall–Kier alpha value is -1.47. The van der Waals surface area contributed by atoms with E-state index < -0.39 is 4.92 Å². The van der Waals surface area contributed by atoms with Gasteiger partial charge in [0.05, 0.1) is 11.3 Å². The van der Waals surface area contributed by atoms with Crippen molar-refractivity contribution in [3.8, 4) is 0 Å². The minimum absolute atomic E-state index is 0.0284. The number of hydrogen-bond acceptors (Lipinski definition) is 4. The van der Waals surface area contributed by atoms with Gasteiger partial charge in [0.1, 0.15) is 0 Å². The number of carbonyl (C=O) groups excluding carboxylic acids is 1. The summed E-state index contributed by atoms with van der Waals surface area (Å²) in [5.41, 5.74) is 0.820. The third-order valence-corrected chi connectivity index (χ3v) is 5.57. The molecule has 0 bridgehead atoms. The van der Waals surface area contributed by atoms with Gasteiger partial charge in [-0.15, -0.1) is 0 Å². The maximum Gasteiger partial charge on any atom is 0.270 e. The molecular formula is C17H22BrN3O3. The van der Waals surface area contributed by atoms with Crippen LogP contribution in [0.5, 0.6) is 0 Å². The number of nitro groups is 1. The molecule has 130 valence electrons. The summed E-state index contributed by atoms with van der Waals surface area (Å²) in [5, 5.41) is 14.4. The molecule has 24 heavy (non-hydrogen) atoms. The lowest BCUT2D eigenvalue weighted by molar-refractivity contribution is -0.384. The Morgan fingerprint density at radius 2 is 2.00 bits per heavy atom. The molecule has 0 atom stereocenters. The van der Waals surface area contributed by atoms with Gasteiger partial charge in [-0.05, 0) is 43.7 Å². The van der Waals surface area contributed by atoms with Crippen molar-refractivity contribution < 1.29 is 9.72 Å². The van der Waals surface area contributed by atoms with Crippen LogP contribution in [0.2, 0.25) is 0 Å². The largest absolute Gasteiger partial charge is 0.342 e. The Labute approximate surface area is 149 Å². The maximum atomic E-state index is 12.5. The van der Waals surface area contributed by atoms with Crippen LogP contribution in [-0.2, 0) is 11.2 Å². The molecular weight excluding hydrogens is 374 g/mol. The Kier molecular flexibility index (Phi) is 5.50. The van der Waals surface area contributed by atoms with Gasteiger partial charge in [0, 0.05) is 35.7 Å². The molecule has 0 radical (unpaired) electrons. The summed E-state index contributed by atoms with van der Waals surface area (Å²) in [5.74, 6) is 0.967. The first-order chi connectivity index (χ1) is 11.5. The molecule has 1 aromatic rings. The van der Waals surface area contributed by atoms with Crippen LogP contribution in [0.1, 0.15) is 31.2 Å². The van der Waals surface area contributed by atoms with Crippen LogP contribution in [0, 0.1) is 16.0 Å². The number of nitro benzene ring substituents is 1. The summed E-state index contributed by atoms with van der Waals surface area (Å²) in [7, 11) is 0. The van der Waals surface area contributed by atoms with Crippen molar-refractivity contribution in [2.75, 3.05) is 19.6 Å². The number of carbonyl (C=O) groups is 1. The SMILES string of the molecule is O=C(Cc1ccc([N+](=O)[O-])cc1Br)N1CCC(NCC2CC2)CC1. The van der Waals surface area contributed by atoms with Gasteiger partial charge in [0.2, 0.25) is 5.91 Å². The summed E-state index contributed by atoms with van der Waals surface area (Å²) in [4.78, 5) is 24.7. The van der Waals surface area contributed by atoms with Gasteiger partial charge in [-0.3, -0.25) is 14.9 Å². The smallest absolute Gasteiger partial charge is 0.270 e. The molecule has 1 heterocycles. The van der Waals surface area contributed by atoms with Gasteiger partial charge in [0.25, 0.3) is 5.69 Å². The normalized spacial score (nSPS) is 18.6. The first-order valence-corrected chi connectivity index (χ1v) is 9.26. The Bertz CT molecular complexity index is 626. The number of non-ortho nitro benzene ring substituents is 1. The number of nitrogens with one attached hydrogen (secondary N) is 1. The van der Waals surface area contributed by atoms with E-state index in [9.17, 15) is 14.9 Å². The standard InChI is InChI=1S/C17H22BrN3O3/c18-16-10-15(21(23)24)4-3-13(16)9-17(22)20-7-5-14(6-8-20)19-11-12-1-2-12/h3-4,10,12,14,19H,1-2,5-9,11H2. The van der Waals surface area contributed by atoms with Crippen LogP contribution in [0.3, 0.4) is 0 Å². The average molecular weight is 396 g/mol. The van der Waals surface area contributed by atoms with E-state index >= 15 is 0 Å². The fourth-order valence-corrected chi connectivity index (χ4v) is 3.56. The van der Waals surface area contributed by atoms with Crippen LogP contribution in [0.25, 0.3) is 0 Å². The molecule has 6 nitrogen and oxygen atoms in total. The number of amides is 1. The molecule has 2 fully saturated rings. The number of piperidine rings is 1. The molecule has 7 heteroatoms. The molecule has 1 aliphatic carbocycles. The first kappa shape index (κ1) is 17.4. The quantitative estimate of drug-likeness (QED) is 0.593. The zero-order valence-electron chi connectivity index (χ0n) is 13.5. The zero-order valence-corrected chi connectivity index (χ0v) is 15.1. The second kappa shape index (κ2) is 7.61. The van der Waals surface area contributed by atoms with Crippen LogP contribution in [-0.4, -0.2) is 41.4 Å². The van der Waals surface area contributed by atoms with Crippen LogP contribution >= 0.6 is 15.9 Å². The number of hydrogen-bond donors (Lipinski definition) is 1. The molecule has 1 saturated heterocycles. The number of halogens is 1. The monoisotopic (exact) mass is 395 g/mol. The van der Waals surface area contributed by atoms with E-state index in [0.29, 0.717) is 10.5 Å². The summed E-state index contributed by atoms with van der Waals surface area (Å²) in [6.45, 7) is 2.69. The molecule has 2 aliphatic rings. The van der Waals surface area contributed by atoms with E-state index in [1.165, 1.54) is 25.0 Å². The predicted octanol–water partition coefficient (Wildman–Crippen LogP) is 2.89. The number of nitrogens with zero attached hydrogens (tertiary/aromatic N) is 2. The lowest BCUT2D eigenvalue weighted by atomic mass is 10.0. The van der Waals surface area contributed by atoms with Crippen molar-refractivity contribution in [2.24, 2.45) is 5.92 Å². The van der Waals surface area contributed by atoms with E-state index in [0.717, 1.165) is 44.0 Å². The Balaban J connectivity index is 1.49. The highest BCUT2D eigenvalue weighted by Gasteiger charge is 2.26. The van der Waals surface area contributed by atoms with Gasteiger partial charge in [-0.1, -0.05) is 22.0 Å². The zero-order chi connectivity index (χ0) is 17.1. The van der Waals surface area contributed by atoms with E-state index in [1.54, 1.807) is 6.07 Å². The van der Waals surface area contributed by atoms with E-state index in [4.69, 9.17) is 0 Å². The second-order valence-electron chi connectivity index (χ2n) is 6.72. The summed E-state index contributed by atoms with van der Waals surface area (Å²) >= 11 is 3.33. The van der Waals surface area contributed by atoms with E-state index in [1.807, 2.05) is 4.90 Å². The van der Waals surface area contributed by atoms with Crippen molar-refractivity contribution in [2.45, 2.75) is 38.1 Å². The van der Waals surface area contributed by atoms with Gasteiger partial charge >= 0.3 is 0 Å². The third-order valence-electron chi connectivity index (χ3n) is 4.83. The molecule has 3 rings (SSSR count). The first-order valence-electron chi connectivity index (χ1n) is 8.47. The fourth-order valence-electron chi connectivity index (χ4n) is 3.06. The Morgan fingerprint density at radius 1 is 1.29 bits per heavy atom. The van der Waals surface area contributed by atoms with Gasteiger partial charge in [-0.2, -0.15) is 0 Å². The van der Waals surface area contributed by atoms with Crippen LogP contribution in [0.15, 0.2) is 22.7 Å². The molecule has 1 saturated carbocycles. The topological polar surface area (TPSA) is 75.5 Å². The lowest BCUT2D eigenvalue weighted by Crippen LogP contribution is -2.45. The van der Waals surface area contributed by atoms with Crippen molar-refractivity contribution in [1.82, 2.24) is 10.2 Å². The third kappa shape index (κ3) is 4.54. The average Bonchev–Trinajstić information content (AvgIpc) is 3.39. The van der Waals surface area contributed by atoms with Crippen molar-refractivity contribution in [1.29, 1.82) is 0 Å². The van der Waals surface area contributed by atoms with Crippen molar-refractivity contribution >= 4 is 27.5 Å². The molecule has 0 spiro atoms. The molecule has 0 unspecified atom stereocenters. The molecule has 1 amide bonds. The summed E-state index contributed by atoms with van der Waals surface area (Å²) in [6.07, 6.45) is 4.99. The molecule has 1 aliphatic heterocycles. The lowest BCUT2D eigenvalue weighted by Gasteiger charge is -2.32. The highest BCUT2D eigenvalue weighted by molar-refractivity contribution is 9.10. The van der Waals surface area contributed by atoms with Gasteiger partial charge in [0.15, 0.2) is 0 Å². The molecule has 1 N–H and O–H groups in total. The van der Waals surface area contributed by atoms with E-state index in [2.05, 4.69) is 21.2 Å². The van der Waals surface area contributed by atoms with Gasteiger partial charge < -0.3 is 10.2 Å². The minimum Gasteiger partial charge on any atom is -0.342 e. The van der Waals surface area contributed by atoms with Crippen molar-refractivity contribution in [3.63, 3.8) is 0 Å². The Morgan fingerprint density at radius 3 is 2.58 bits per heavy atom. The second-order valence-corrected chi connectivity index (χ2v) is 7.57. The van der Waals surface area contributed by atoms with E-state index in [-0.39, 0.29) is 18.0 Å². The minimum atomic E-state index is -0.435. The molecule has 0 aromatic heterocycles. The van der Waals surface area contributed by atoms with Crippen LogP contribution < -0.4 is 5.32 Å². The highest BCUT2D eigenvalue weighted by atomic mass is 79.9.